The van der Waals surface area contributed by atoms with E-state index in [1.54, 1.807) is 12.1 Å². The molecule has 1 saturated heterocycles. The molecule has 1 aliphatic heterocycles. The van der Waals surface area contributed by atoms with Gasteiger partial charge in [-0.2, -0.15) is 0 Å². The maximum atomic E-state index is 14.2. The Balaban J connectivity index is 2.41. The Morgan fingerprint density at radius 2 is 2.17 bits per heavy atom. The largest absolute Gasteiger partial charge is 0.366 e. The summed E-state index contributed by atoms with van der Waals surface area (Å²) in [6.07, 6.45) is 3.57. The Bertz CT molecular complexity index is 405. The molecule has 0 spiro atoms. The average molecular weight is 250 g/mol. The van der Waals surface area contributed by atoms with Crippen molar-refractivity contribution in [2.75, 3.05) is 18.5 Å². The number of nitrogens with zero attached hydrogens (tertiary/aromatic N) is 1. The minimum absolute atomic E-state index is 0.0941. The molecule has 0 saturated carbocycles. The summed E-state index contributed by atoms with van der Waals surface area (Å²) in [6.45, 7) is 5.23. The van der Waals surface area contributed by atoms with Crippen molar-refractivity contribution in [3.63, 3.8) is 0 Å². The van der Waals surface area contributed by atoms with Crippen LogP contribution >= 0.6 is 0 Å². The van der Waals surface area contributed by atoms with E-state index in [1.807, 2.05) is 13.1 Å². The Morgan fingerprint density at radius 3 is 2.83 bits per heavy atom. The van der Waals surface area contributed by atoms with E-state index in [9.17, 15) is 4.39 Å². The van der Waals surface area contributed by atoms with Gasteiger partial charge in [0.2, 0.25) is 0 Å². The maximum Gasteiger partial charge on any atom is 0.146 e. The van der Waals surface area contributed by atoms with Crippen LogP contribution in [0.1, 0.15) is 44.7 Å². The molecule has 1 aromatic rings. The topological polar surface area (TPSA) is 15.3 Å². The van der Waals surface area contributed by atoms with E-state index in [1.165, 1.54) is 6.42 Å². The Kier molecular flexibility index (Phi) is 4.23. The zero-order valence-electron chi connectivity index (χ0n) is 11.5. The van der Waals surface area contributed by atoms with Gasteiger partial charge in [0.05, 0.1) is 5.69 Å². The first-order valence-electron chi connectivity index (χ1n) is 6.87. The lowest BCUT2D eigenvalue weighted by Crippen LogP contribution is -2.39. The predicted molar refractivity (Wildman–Crippen MR) is 74.5 cm³/mol. The van der Waals surface area contributed by atoms with Gasteiger partial charge in [0.15, 0.2) is 0 Å². The van der Waals surface area contributed by atoms with Crippen molar-refractivity contribution in [3.05, 3.63) is 29.6 Å². The molecule has 1 aliphatic rings. The molecular weight excluding hydrogens is 227 g/mol. The van der Waals surface area contributed by atoms with E-state index in [0.717, 1.165) is 30.6 Å². The zero-order valence-corrected chi connectivity index (χ0v) is 11.5. The lowest BCUT2D eigenvalue weighted by molar-refractivity contribution is 0.471. The van der Waals surface area contributed by atoms with E-state index in [4.69, 9.17) is 0 Å². The molecule has 0 aromatic heterocycles. The summed E-state index contributed by atoms with van der Waals surface area (Å²) in [5.74, 6) is -0.0941. The number of para-hydroxylation sites is 1. The standard InChI is InChI=1S/C15H23FN2/c1-11-7-4-5-10-18(11)15-13(12(2)17-3)8-6-9-14(15)16/h6,8-9,11-12,17H,4-5,7,10H2,1-3H3. The highest BCUT2D eigenvalue weighted by Crippen LogP contribution is 2.33. The van der Waals surface area contributed by atoms with Crippen molar-refractivity contribution in [2.45, 2.75) is 45.2 Å². The molecule has 0 aliphatic carbocycles. The van der Waals surface area contributed by atoms with Crippen LogP contribution in [0.15, 0.2) is 18.2 Å². The van der Waals surface area contributed by atoms with Gasteiger partial charge in [-0.05, 0) is 51.8 Å². The fraction of sp³-hybridized carbons (Fsp3) is 0.600. The van der Waals surface area contributed by atoms with E-state index in [-0.39, 0.29) is 11.9 Å². The number of piperidine rings is 1. The minimum atomic E-state index is -0.0941. The van der Waals surface area contributed by atoms with Crippen molar-refractivity contribution in [1.82, 2.24) is 5.32 Å². The van der Waals surface area contributed by atoms with Crippen molar-refractivity contribution in [3.8, 4) is 0 Å². The van der Waals surface area contributed by atoms with E-state index >= 15 is 0 Å². The lowest BCUT2D eigenvalue weighted by Gasteiger charge is -2.37. The third-order valence-electron chi connectivity index (χ3n) is 4.01. The van der Waals surface area contributed by atoms with Gasteiger partial charge in [0.1, 0.15) is 5.82 Å². The van der Waals surface area contributed by atoms with Crippen LogP contribution in [0.4, 0.5) is 10.1 Å². The zero-order chi connectivity index (χ0) is 13.1. The Hall–Kier alpha value is -1.09. The maximum absolute atomic E-state index is 14.2. The van der Waals surface area contributed by atoms with Crippen LogP contribution in [0.3, 0.4) is 0 Å². The first-order valence-corrected chi connectivity index (χ1v) is 6.87. The molecule has 2 nitrogen and oxygen atoms in total. The third-order valence-corrected chi connectivity index (χ3v) is 4.01. The number of hydrogen-bond donors (Lipinski definition) is 1. The number of anilines is 1. The monoisotopic (exact) mass is 250 g/mol. The van der Waals surface area contributed by atoms with Crippen LogP contribution in [0.25, 0.3) is 0 Å². The van der Waals surface area contributed by atoms with Gasteiger partial charge in [-0.25, -0.2) is 4.39 Å². The van der Waals surface area contributed by atoms with Crippen LogP contribution in [-0.2, 0) is 0 Å². The highest BCUT2D eigenvalue weighted by Gasteiger charge is 2.24. The molecule has 0 radical (unpaired) electrons. The normalized spacial score (nSPS) is 22.0. The SMILES string of the molecule is CNC(C)c1cccc(F)c1N1CCCCC1C. The molecule has 100 valence electrons. The molecule has 2 unspecified atom stereocenters. The summed E-state index contributed by atoms with van der Waals surface area (Å²) in [7, 11) is 1.92. The fourth-order valence-corrected chi connectivity index (χ4v) is 2.77. The predicted octanol–water partition coefficient (Wildman–Crippen LogP) is 3.48. The van der Waals surface area contributed by atoms with Gasteiger partial charge >= 0.3 is 0 Å². The molecule has 0 amide bonds. The Morgan fingerprint density at radius 1 is 1.39 bits per heavy atom. The molecule has 18 heavy (non-hydrogen) atoms. The van der Waals surface area contributed by atoms with Gasteiger partial charge in [-0.1, -0.05) is 12.1 Å². The van der Waals surface area contributed by atoms with Crippen LogP contribution in [0.5, 0.6) is 0 Å². The molecule has 3 heteroatoms. The number of halogens is 1. The van der Waals surface area contributed by atoms with Crippen molar-refractivity contribution >= 4 is 5.69 Å². The summed E-state index contributed by atoms with van der Waals surface area (Å²) in [6, 6.07) is 6.00. The molecule has 1 fully saturated rings. The lowest BCUT2D eigenvalue weighted by atomic mass is 9.98. The molecular formula is C15H23FN2. The minimum Gasteiger partial charge on any atom is -0.366 e. The first-order chi connectivity index (χ1) is 8.65. The third kappa shape index (κ3) is 2.51. The van der Waals surface area contributed by atoms with Crippen molar-refractivity contribution in [2.24, 2.45) is 0 Å². The number of rotatable bonds is 3. The van der Waals surface area contributed by atoms with Crippen LogP contribution in [0, 0.1) is 5.82 Å². The van der Waals surface area contributed by atoms with E-state index in [2.05, 4.69) is 24.1 Å². The van der Waals surface area contributed by atoms with E-state index in [0.29, 0.717) is 6.04 Å². The average Bonchev–Trinajstić information content (AvgIpc) is 2.39. The molecule has 0 bridgehead atoms. The highest BCUT2D eigenvalue weighted by molar-refractivity contribution is 5.57. The summed E-state index contributed by atoms with van der Waals surface area (Å²) >= 11 is 0. The summed E-state index contributed by atoms with van der Waals surface area (Å²) in [5.41, 5.74) is 1.86. The smallest absolute Gasteiger partial charge is 0.146 e. The second kappa shape index (κ2) is 5.70. The van der Waals surface area contributed by atoms with Gasteiger partial charge in [0, 0.05) is 18.6 Å². The summed E-state index contributed by atoms with van der Waals surface area (Å²) in [4.78, 5) is 2.24. The second-order valence-corrected chi connectivity index (χ2v) is 5.23. The van der Waals surface area contributed by atoms with Gasteiger partial charge < -0.3 is 10.2 Å². The van der Waals surface area contributed by atoms with Crippen LogP contribution < -0.4 is 10.2 Å². The van der Waals surface area contributed by atoms with Crippen LogP contribution in [0.2, 0.25) is 0 Å². The van der Waals surface area contributed by atoms with Crippen LogP contribution in [-0.4, -0.2) is 19.6 Å². The fourth-order valence-electron chi connectivity index (χ4n) is 2.77. The number of hydrogen-bond acceptors (Lipinski definition) is 2. The van der Waals surface area contributed by atoms with Gasteiger partial charge in [0.25, 0.3) is 0 Å². The summed E-state index contributed by atoms with van der Waals surface area (Å²) < 4.78 is 14.2. The summed E-state index contributed by atoms with van der Waals surface area (Å²) in [5, 5.41) is 3.21. The molecule has 2 rings (SSSR count). The van der Waals surface area contributed by atoms with Crippen molar-refractivity contribution in [1.29, 1.82) is 0 Å². The first kappa shape index (κ1) is 13.3. The molecule has 2 atom stereocenters. The van der Waals surface area contributed by atoms with Gasteiger partial charge in [-0.3, -0.25) is 0 Å². The highest BCUT2D eigenvalue weighted by atomic mass is 19.1. The number of nitrogens with one attached hydrogen (secondary N) is 1. The van der Waals surface area contributed by atoms with Crippen molar-refractivity contribution < 1.29 is 4.39 Å². The Labute approximate surface area is 109 Å². The quantitative estimate of drug-likeness (QED) is 0.883. The van der Waals surface area contributed by atoms with Gasteiger partial charge in [-0.15, -0.1) is 0 Å². The number of benzene rings is 1. The second-order valence-electron chi connectivity index (χ2n) is 5.23. The molecule has 1 aromatic carbocycles. The molecule has 1 heterocycles. The molecule has 1 N–H and O–H groups in total. The van der Waals surface area contributed by atoms with E-state index < -0.39 is 0 Å².